The Morgan fingerprint density at radius 2 is 0.800 bits per heavy atom. The molecule has 0 amide bonds. The molecule has 0 radical (unpaired) electrons. The van der Waals surface area contributed by atoms with Gasteiger partial charge in [0.1, 0.15) is 0 Å². The van der Waals surface area contributed by atoms with E-state index in [0.717, 1.165) is 47.3 Å². The molecule has 0 nitrogen and oxygen atoms in total. The predicted octanol–water partition coefficient (Wildman–Crippen LogP) is 12.7. The van der Waals surface area contributed by atoms with Crippen molar-refractivity contribution in [1.29, 1.82) is 0 Å². The van der Waals surface area contributed by atoms with Gasteiger partial charge in [0.25, 0.3) is 0 Å². The van der Waals surface area contributed by atoms with Gasteiger partial charge in [-0.25, -0.2) is 0 Å². The van der Waals surface area contributed by atoms with Gasteiger partial charge in [0, 0.05) is 0 Å². The molecule has 0 aliphatic rings. The number of unbranched alkanes of at least 4 members (excludes halogenated alkanes) is 1. The van der Waals surface area contributed by atoms with E-state index in [-0.39, 0.29) is 0 Å². The fourth-order valence-electron chi connectivity index (χ4n) is 6.05. The lowest BCUT2D eigenvalue weighted by Gasteiger charge is -2.27. The van der Waals surface area contributed by atoms with E-state index in [2.05, 4.69) is 69.2 Å². The first kappa shape index (κ1) is 35.0. The second-order valence-electron chi connectivity index (χ2n) is 13.7. The molecule has 7 atom stereocenters. The lowest BCUT2D eigenvalue weighted by molar-refractivity contribution is 0.241. The molecule has 0 saturated carbocycles. The first-order valence-electron chi connectivity index (χ1n) is 16.6. The Kier molecular flexibility index (Phi) is 22.0. The minimum absolute atomic E-state index is 0.861. The van der Waals surface area contributed by atoms with Crippen molar-refractivity contribution in [3.05, 3.63) is 0 Å². The predicted molar refractivity (Wildman–Crippen MR) is 163 cm³/mol. The summed E-state index contributed by atoms with van der Waals surface area (Å²) in [4.78, 5) is 0. The minimum Gasteiger partial charge on any atom is -0.0654 e. The van der Waals surface area contributed by atoms with E-state index < -0.39 is 0 Å². The molecule has 0 N–H and O–H groups in total. The normalized spacial score (nSPS) is 18.3. The van der Waals surface area contributed by atoms with E-state index in [1.54, 1.807) is 0 Å². The Morgan fingerprint density at radius 3 is 1.23 bits per heavy atom. The molecule has 0 rings (SSSR count). The van der Waals surface area contributed by atoms with Gasteiger partial charge in [-0.1, -0.05) is 159 Å². The van der Waals surface area contributed by atoms with Crippen molar-refractivity contribution in [2.45, 2.75) is 178 Å². The highest BCUT2D eigenvalue weighted by atomic mass is 14.3. The molecule has 0 aromatic heterocycles. The van der Waals surface area contributed by atoms with Crippen LogP contribution in [0.5, 0.6) is 0 Å². The third-order valence-corrected chi connectivity index (χ3v) is 9.82. The average Bonchev–Trinajstić information content (AvgIpc) is 2.83. The Balaban J connectivity index is 4.55. The van der Waals surface area contributed by atoms with Crippen LogP contribution >= 0.6 is 0 Å². The zero-order valence-electron chi connectivity index (χ0n) is 26.6. The van der Waals surface area contributed by atoms with Crippen LogP contribution in [0, 0.1) is 47.3 Å². The fourth-order valence-corrected chi connectivity index (χ4v) is 6.05. The van der Waals surface area contributed by atoms with E-state index >= 15 is 0 Å². The van der Waals surface area contributed by atoms with Gasteiger partial charge in [0.2, 0.25) is 0 Å². The molecule has 0 fully saturated rings. The zero-order valence-corrected chi connectivity index (χ0v) is 26.6. The van der Waals surface area contributed by atoms with Crippen LogP contribution in [0.4, 0.5) is 0 Å². The summed E-state index contributed by atoms with van der Waals surface area (Å²) in [6, 6.07) is 0. The Morgan fingerprint density at radius 1 is 0.371 bits per heavy atom. The lowest BCUT2D eigenvalue weighted by Crippen LogP contribution is -2.16. The highest BCUT2D eigenvalue weighted by Gasteiger charge is 2.20. The van der Waals surface area contributed by atoms with Gasteiger partial charge in [-0.05, 0) is 66.6 Å². The molecule has 0 aliphatic heterocycles. The molecule has 0 heteroatoms. The maximum absolute atomic E-state index is 2.57. The van der Waals surface area contributed by atoms with Crippen LogP contribution in [-0.2, 0) is 0 Å². The SMILES string of the molecule is CCCCC(CCC(C)CC)C(C)CCCC(C)CCC(CCC(C)CC)C(C)CCCC(C)C. The van der Waals surface area contributed by atoms with Crippen LogP contribution in [0.3, 0.4) is 0 Å². The Bertz CT molecular complexity index is 437. The third kappa shape index (κ3) is 18.8. The molecule has 0 bridgehead atoms. The number of hydrogen-bond donors (Lipinski definition) is 0. The van der Waals surface area contributed by atoms with Gasteiger partial charge in [-0.2, -0.15) is 0 Å². The average molecular weight is 493 g/mol. The summed E-state index contributed by atoms with van der Waals surface area (Å²) in [5, 5.41) is 0. The molecule has 0 aromatic rings. The van der Waals surface area contributed by atoms with Crippen LogP contribution in [0.1, 0.15) is 178 Å². The first-order chi connectivity index (χ1) is 16.6. The van der Waals surface area contributed by atoms with Crippen molar-refractivity contribution < 1.29 is 0 Å². The zero-order chi connectivity index (χ0) is 26.6. The fraction of sp³-hybridized carbons (Fsp3) is 1.00. The van der Waals surface area contributed by atoms with Gasteiger partial charge in [0.05, 0.1) is 0 Å². The van der Waals surface area contributed by atoms with Gasteiger partial charge in [-0.15, -0.1) is 0 Å². The van der Waals surface area contributed by atoms with Gasteiger partial charge >= 0.3 is 0 Å². The molecule has 0 saturated heterocycles. The van der Waals surface area contributed by atoms with Crippen LogP contribution < -0.4 is 0 Å². The maximum Gasteiger partial charge on any atom is -0.0388 e. The number of hydrogen-bond acceptors (Lipinski definition) is 0. The molecule has 0 aliphatic carbocycles. The summed E-state index contributed by atoms with van der Waals surface area (Å²) in [7, 11) is 0. The molecule has 0 aromatic carbocycles. The van der Waals surface area contributed by atoms with Crippen molar-refractivity contribution >= 4 is 0 Å². The van der Waals surface area contributed by atoms with Gasteiger partial charge in [-0.3, -0.25) is 0 Å². The summed E-state index contributed by atoms with van der Waals surface area (Å²) in [6.07, 6.45) is 24.4. The number of rotatable bonds is 24. The second-order valence-corrected chi connectivity index (χ2v) is 13.7. The van der Waals surface area contributed by atoms with E-state index in [9.17, 15) is 0 Å². The quantitative estimate of drug-likeness (QED) is 0.126. The van der Waals surface area contributed by atoms with E-state index in [1.807, 2.05) is 0 Å². The van der Waals surface area contributed by atoms with Crippen LogP contribution in [0.25, 0.3) is 0 Å². The van der Waals surface area contributed by atoms with E-state index in [1.165, 1.54) is 109 Å². The van der Waals surface area contributed by atoms with Crippen molar-refractivity contribution in [2.75, 3.05) is 0 Å². The summed E-state index contributed by atoms with van der Waals surface area (Å²) >= 11 is 0. The van der Waals surface area contributed by atoms with Crippen LogP contribution in [0.2, 0.25) is 0 Å². The van der Waals surface area contributed by atoms with Crippen molar-refractivity contribution in [2.24, 2.45) is 47.3 Å². The topological polar surface area (TPSA) is 0 Å². The minimum atomic E-state index is 0.861. The molecule has 212 valence electrons. The molecule has 0 spiro atoms. The summed E-state index contributed by atoms with van der Waals surface area (Å²) < 4.78 is 0. The van der Waals surface area contributed by atoms with Crippen molar-refractivity contribution in [3.8, 4) is 0 Å². The van der Waals surface area contributed by atoms with Crippen molar-refractivity contribution in [3.63, 3.8) is 0 Å². The van der Waals surface area contributed by atoms with E-state index in [0.29, 0.717) is 0 Å². The largest absolute Gasteiger partial charge is 0.0654 e. The highest BCUT2D eigenvalue weighted by Crippen LogP contribution is 2.33. The lowest BCUT2D eigenvalue weighted by atomic mass is 9.78. The first-order valence-corrected chi connectivity index (χ1v) is 16.6. The summed E-state index contributed by atoms with van der Waals surface area (Å²) in [6.45, 7) is 24.5. The second kappa shape index (κ2) is 22.0. The van der Waals surface area contributed by atoms with Crippen molar-refractivity contribution in [1.82, 2.24) is 0 Å². The molecule has 7 unspecified atom stereocenters. The van der Waals surface area contributed by atoms with Gasteiger partial charge < -0.3 is 0 Å². The molecule has 0 heterocycles. The Labute approximate surface area is 225 Å². The maximum atomic E-state index is 2.57. The molecular formula is C35H72. The summed E-state index contributed by atoms with van der Waals surface area (Å²) in [5.74, 6) is 7.34. The Hall–Kier alpha value is 0. The molecule has 35 heavy (non-hydrogen) atoms. The summed E-state index contributed by atoms with van der Waals surface area (Å²) in [5.41, 5.74) is 0. The van der Waals surface area contributed by atoms with Crippen LogP contribution in [0.15, 0.2) is 0 Å². The molecular weight excluding hydrogens is 420 g/mol. The van der Waals surface area contributed by atoms with E-state index in [4.69, 9.17) is 0 Å². The van der Waals surface area contributed by atoms with Gasteiger partial charge in [0.15, 0.2) is 0 Å². The third-order valence-electron chi connectivity index (χ3n) is 9.82. The van der Waals surface area contributed by atoms with Crippen LogP contribution in [-0.4, -0.2) is 0 Å². The monoisotopic (exact) mass is 493 g/mol. The highest BCUT2D eigenvalue weighted by molar-refractivity contribution is 4.72. The smallest absolute Gasteiger partial charge is 0.0388 e. The standard InChI is InChI=1S/C35H72/c1-11-14-21-34(25-22-29(6)12-2)32(9)20-16-18-31(8)24-27-35(26-23-30(7)13-3)33(10)19-15-17-28(4)5/h28-35H,11-27H2,1-10H3.